The molecule has 9 nitrogen and oxygen atoms in total. The average Bonchev–Trinajstić information content (AvgIpc) is 3.21. The van der Waals surface area contributed by atoms with Crippen molar-refractivity contribution in [2.75, 3.05) is 26.2 Å². The second-order valence-corrected chi connectivity index (χ2v) is 8.26. The number of primary amides is 1. The van der Waals surface area contributed by atoms with E-state index in [2.05, 4.69) is 10.1 Å². The van der Waals surface area contributed by atoms with Gasteiger partial charge in [0.2, 0.25) is 5.91 Å². The van der Waals surface area contributed by atoms with Gasteiger partial charge in [0.25, 0.3) is 5.91 Å². The molecule has 3 rings (SSSR count). The fourth-order valence-corrected chi connectivity index (χ4v) is 3.86. The van der Waals surface area contributed by atoms with Crippen LogP contribution in [0.15, 0.2) is 28.8 Å². The molecule has 1 atom stereocenters. The van der Waals surface area contributed by atoms with Crippen LogP contribution in [0.4, 0.5) is 10.5 Å². The number of benzene rings is 1. The van der Waals surface area contributed by atoms with Gasteiger partial charge in [-0.2, -0.15) is 0 Å². The summed E-state index contributed by atoms with van der Waals surface area (Å²) >= 11 is 0. The number of fused-ring (bicyclic) bond motifs is 1. The normalized spacial score (nSPS) is 16.4. The number of likely N-dealkylation sites (tertiary alicyclic amines) is 1. The minimum absolute atomic E-state index is 0.0126. The van der Waals surface area contributed by atoms with Crippen LogP contribution < -0.4 is 16.8 Å². The van der Waals surface area contributed by atoms with Gasteiger partial charge in [0.1, 0.15) is 0 Å². The van der Waals surface area contributed by atoms with Crippen LogP contribution in [0.5, 0.6) is 0 Å². The van der Waals surface area contributed by atoms with Crippen molar-refractivity contribution in [1.29, 1.82) is 0 Å². The highest BCUT2D eigenvalue weighted by molar-refractivity contribution is 6.07. The minimum atomic E-state index is -0.834. The number of nitrogens with two attached hydrogens (primary N) is 2. The summed E-state index contributed by atoms with van der Waals surface area (Å²) in [4.78, 5) is 42.8. The topological polar surface area (TPSA) is 140 Å². The molecule has 2 aliphatic heterocycles. The Morgan fingerprint density at radius 2 is 2.00 bits per heavy atom. The molecule has 1 unspecified atom stereocenters. The molecule has 0 saturated carbocycles. The molecule has 3 amide bonds. The third kappa shape index (κ3) is 6.40. The maximum absolute atomic E-state index is 12.8. The lowest BCUT2D eigenvalue weighted by molar-refractivity contribution is -0.117. The molecule has 0 bridgehead atoms. The zero-order valence-corrected chi connectivity index (χ0v) is 18.4. The summed E-state index contributed by atoms with van der Waals surface area (Å²) < 4.78 is 4.67. The van der Waals surface area contributed by atoms with Gasteiger partial charge in [0.05, 0.1) is 12.3 Å². The summed E-state index contributed by atoms with van der Waals surface area (Å²) in [6.07, 6.45) is 4.41. The molecule has 1 saturated heterocycles. The summed E-state index contributed by atoms with van der Waals surface area (Å²) in [5.41, 5.74) is 14.3. The van der Waals surface area contributed by atoms with Crippen molar-refractivity contribution in [2.24, 2.45) is 16.5 Å². The van der Waals surface area contributed by atoms with Gasteiger partial charge < -0.3 is 26.4 Å². The van der Waals surface area contributed by atoms with Gasteiger partial charge in [-0.3, -0.25) is 14.6 Å². The summed E-state index contributed by atoms with van der Waals surface area (Å²) in [6, 6.07) is 5.32. The van der Waals surface area contributed by atoms with Gasteiger partial charge in [0, 0.05) is 60.9 Å². The average molecular weight is 442 g/mol. The van der Waals surface area contributed by atoms with Crippen molar-refractivity contribution in [3.05, 3.63) is 34.9 Å². The predicted molar refractivity (Wildman–Crippen MR) is 123 cm³/mol. The zero-order valence-electron chi connectivity index (χ0n) is 18.4. The van der Waals surface area contributed by atoms with Crippen LogP contribution in [0, 0.1) is 0 Å². The Morgan fingerprint density at radius 1 is 1.25 bits per heavy atom. The number of aliphatic imine (C=N–C) groups is 1. The monoisotopic (exact) mass is 441 g/mol. The van der Waals surface area contributed by atoms with Crippen LogP contribution >= 0.6 is 0 Å². The standard InChI is InChI=1S/C23H31N5O4/c1-15(24)11-19-13-18(21(29)26-7-4-10-32-23(25)31)12-16-5-6-17(14-20(16)27-19)22(30)28-8-2-3-9-28/h5-6,12,14-15H,2-4,7-11,13,24H2,1H3,(H2,25,31)(H,26,29). The quantitative estimate of drug-likeness (QED) is 0.530. The Balaban J connectivity index is 1.79. The van der Waals surface area contributed by atoms with Gasteiger partial charge in [-0.1, -0.05) is 6.07 Å². The Morgan fingerprint density at radius 3 is 2.69 bits per heavy atom. The molecule has 9 heteroatoms. The number of rotatable bonds is 8. The molecule has 32 heavy (non-hydrogen) atoms. The summed E-state index contributed by atoms with van der Waals surface area (Å²) in [7, 11) is 0. The lowest BCUT2D eigenvalue weighted by Gasteiger charge is -2.16. The van der Waals surface area contributed by atoms with E-state index in [-0.39, 0.29) is 24.5 Å². The molecule has 0 aromatic heterocycles. The Hall–Kier alpha value is -3.20. The fraction of sp³-hybridized carbons (Fsp3) is 0.478. The van der Waals surface area contributed by atoms with Crippen molar-refractivity contribution < 1.29 is 19.1 Å². The van der Waals surface area contributed by atoms with Crippen molar-refractivity contribution in [2.45, 2.75) is 45.1 Å². The van der Waals surface area contributed by atoms with E-state index in [4.69, 9.17) is 16.5 Å². The third-order valence-corrected chi connectivity index (χ3v) is 5.37. The van der Waals surface area contributed by atoms with Crippen molar-refractivity contribution in [3.63, 3.8) is 0 Å². The number of amides is 3. The van der Waals surface area contributed by atoms with Gasteiger partial charge in [-0.25, -0.2) is 4.79 Å². The number of carbonyl (C=O) groups excluding carboxylic acids is 3. The lowest BCUT2D eigenvalue weighted by atomic mass is 10.0. The molecular formula is C23H31N5O4. The highest BCUT2D eigenvalue weighted by Gasteiger charge is 2.22. The number of carbonyl (C=O) groups is 3. The first-order valence-electron chi connectivity index (χ1n) is 11.0. The molecule has 5 N–H and O–H groups in total. The van der Waals surface area contributed by atoms with E-state index in [1.54, 1.807) is 12.1 Å². The minimum Gasteiger partial charge on any atom is -0.450 e. The molecular weight excluding hydrogens is 410 g/mol. The number of hydrogen-bond donors (Lipinski definition) is 3. The first-order chi connectivity index (χ1) is 15.3. The van der Waals surface area contributed by atoms with E-state index < -0.39 is 6.09 Å². The van der Waals surface area contributed by atoms with E-state index in [0.29, 0.717) is 42.6 Å². The van der Waals surface area contributed by atoms with Crippen LogP contribution in [0.3, 0.4) is 0 Å². The van der Waals surface area contributed by atoms with Crippen LogP contribution in [-0.2, 0) is 9.53 Å². The highest BCUT2D eigenvalue weighted by atomic mass is 16.5. The summed E-state index contributed by atoms with van der Waals surface area (Å²) in [5.74, 6) is -0.204. The van der Waals surface area contributed by atoms with E-state index in [1.807, 2.05) is 24.0 Å². The molecule has 1 aromatic rings. The Labute approximate surface area is 187 Å². The van der Waals surface area contributed by atoms with E-state index in [1.165, 1.54) is 0 Å². The number of ether oxygens (including phenoxy) is 1. The Bertz CT molecular complexity index is 932. The van der Waals surface area contributed by atoms with Gasteiger partial charge in [0.15, 0.2) is 0 Å². The molecule has 1 aromatic carbocycles. The molecule has 0 aliphatic carbocycles. The van der Waals surface area contributed by atoms with Gasteiger partial charge in [-0.15, -0.1) is 0 Å². The molecule has 172 valence electrons. The maximum Gasteiger partial charge on any atom is 0.404 e. The zero-order chi connectivity index (χ0) is 23.1. The van der Waals surface area contributed by atoms with Crippen LogP contribution in [0.25, 0.3) is 6.08 Å². The van der Waals surface area contributed by atoms with Gasteiger partial charge in [-0.05, 0) is 44.4 Å². The van der Waals surface area contributed by atoms with Crippen molar-refractivity contribution >= 4 is 35.4 Å². The summed E-state index contributed by atoms with van der Waals surface area (Å²) in [5, 5.41) is 2.84. The smallest absolute Gasteiger partial charge is 0.404 e. The first-order valence-corrected chi connectivity index (χ1v) is 11.0. The van der Waals surface area contributed by atoms with E-state index in [9.17, 15) is 14.4 Å². The molecule has 0 radical (unpaired) electrons. The fourth-order valence-electron chi connectivity index (χ4n) is 3.86. The third-order valence-electron chi connectivity index (χ3n) is 5.37. The predicted octanol–water partition coefficient (Wildman–Crippen LogP) is 2.12. The summed E-state index contributed by atoms with van der Waals surface area (Å²) in [6.45, 7) is 3.94. The number of nitrogens with zero attached hydrogens (tertiary/aromatic N) is 2. The molecule has 1 fully saturated rings. The van der Waals surface area contributed by atoms with Crippen molar-refractivity contribution in [1.82, 2.24) is 10.2 Å². The number of nitrogens with one attached hydrogen (secondary N) is 1. The molecule has 0 spiro atoms. The second kappa shape index (κ2) is 10.9. The lowest BCUT2D eigenvalue weighted by Crippen LogP contribution is -2.28. The Kier molecular flexibility index (Phi) is 7.99. The maximum atomic E-state index is 12.8. The first kappa shape index (κ1) is 23.5. The molecule has 2 aliphatic rings. The van der Waals surface area contributed by atoms with Crippen molar-refractivity contribution in [3.8, 4) is 0 Å². The second-order valence-electron chi connectivity index (χ2n) is 8.26. The van der Waals surface area contributed by atoms with E-state index >= 15 is 0 Å². The van der Waals surface area contributed by atoms with Crippen LogP contribution in [-0.4, -0.2) is 60.8 Å². The largest absolute Gasteiger partial charge is 0.450 e. The van der Waals surface area contributed by atoms with Crippen LogP contribution in [0.1, 0.15) is 54.9 Å². The number of hydrogen-bond acceptors (Lipinski definition) is 6. The van der Waals surface area contributed by atoms with E-state index in [0.717, 1.165) is 37.2 Å². The molecule has 2 heterocycles. The van der Waals surface area contributed by atoms with Crippen LogP contribution in [0.2, 0.25) is 0 Å². The van der Waals surface area contributed by atoms with Gasteiger partial charge >= 0.3 is 6.09 Å². The highest BCUT2D eigenvalue weighted by Crippen LogP contribution is 2.30. The SMILES string of the molecule is CC(N)CC1=Nc2cc(C(=O)N3CCCC3)ccc2C=C(C(=O)NCCCOC(N)=O)C1.